The van der Waals surface area contributed by atoms with Gasteiger partial charge >= 0.3 is 0 Å². The minimum absolute atomic E-state index is 0.0118. The third-order valence-corrected chi connectivity index (χ3v) is 5.19. The van der Waals surface area contributed by atoms with Crippen LogP contribution < -0.4 is 10.2 Å². The van der Waals surface area contributed by atoms with E-state index in [-0.39, 0.29) is 5.54 Å². The second-order valence-electron chi connectivity index (χ2n) is 8.70. The van der Waals surface area contributed by atoms with Crippen LogP contribution in [0, 0.1) is 0 Å². The Labute approximate surface area is 163 Å². The number of hydrogen-bond donors (Lipinski definition) is 1. The summed E-state index contributed by atoms with van der Waals surface area (Å²) in [5.41, 5.74) is 2.85. The van der Waals surface area contributed by atoms with Crippen molar-refractivity contribution < 1.29 is 0 Å². The number of likely N-dealkylation sites (N-methyl/N-ethyl adjacent to an activating group) is 1. The van der Waals surface area contributed by atoms with Crippen molar-refractivity contribution in [2.45, 2.75) is 52.1 Å². The fourth-order valence-corrected chi connectivity index (χ4v) is 3.57. The van der Waals surface area contributed by atoms with Crippen LogP contribution >= 0.6 is 0 Å². The lowest BCUT2D eigenvalue weighted by molar-refractivity contribution is 0.424. The van der Waals surface area contributed by atoms with Gasteiger partial charge in [0.2, 0.25) is 0 Å². The van der Waals surface area contributed by atoms with Gasteiger partial charge in [-0.25, -0.2) is 9.97 Å². The fraction of sp³-hybridized carbons (Fsp3) is 0.545. The number of benzene rings is 1. The summed E-state index contributed by atoms with van der Waals surface area (Å²) in [5, 5.41) is 3.48. The maximum absolute atomic E-state index is 4.93. The molecule has 0 radical (unpaired) electrons. The Kier molecular flexibility index (Phi) is 5.70. The molecule has 5 nitrogen and oxygen atoms in total. The largest absolute Gasteiger partial charge is 0.369 e. The maximum Gasteiger partial charge on any atom is 0.135 e. The Balaban J connectivity index is 1.93. The zero-order valence-electron chi connectivity index (χ0n) is 17.6. The molecule has 0 atom stereocenters. The summed E-state index contributed by atoms with van der Waals surface area (Å²) >= 11 is 0. The predicted octanol–water partition coefficient (Wildman–Crippen LogP) is 3.91. The van der Waals surface area contributed by atoms with Gasteiger partial charge in [0.25, 0.3) is 0 Å². The molecule has 2 heterocycles. The lowest BCUT2D eigenvalue weighted by Crippen LogP contribution is -2.49. The van der Waals surface area contributed by atoms with Gasteiger partial charge in [0.05, 0.1) is 0 Å². The van der Waals surface area contributed by atoms with Gasteiger partial charge in [-0.15, -0.1) is 0 Å². The third kappa shape index (κ3) is 4.59. The quantitative estimate of drug-likeness (QED) is 0.838. The van der Waals surface area contributed by atoms with Gasteiger partial charge in [-0.05, 0) is 45.5 Å². The molecule has 0 aliphatic carbocycles. The van der Waals surface area contributed by atoms with Gasteiger partial charge in [-0.2, -0.15) is 0 Å². The van der Waals surface area contributed by atoms with Gasteiger partial charge < -0.3 is 15.1 Å². The van der Waals surface area contributed by atoms with Crippen molar-refractivity contribution in [3.63, 3.8) is 0 Å². The second kappa shape index (κ2) is 7.85. The standard InChI is InChI=1S/C22H33N5/c1-16(2)21-24-19(23-11-12-26(5)6)13-20(25-21)27-15-18-10-8-7-9-17(18)14-22(27,3)4/h7-10,13,16H,11-12,14-15H2,1-6H3,(H,23,24,25). The molecule has 0 spiro atoms. The molecule has 1 aliphatic heterocycles. The molecule has 0 bridgehead atoms. The Morgan fingerprint density at radius 2 is 1.85 bits per heavy atom. The van der Waals surface area contributed by atoms with Crippen molar-refractivity contribution in [2.24, 2.45) is 0 Å². The number of aromatic nitrogens is 2. The van der Waals surface area contributed by atoms with Crippen LogP contribution in [-0.4, -0.2) is 47.6 Å². The van der Waals surface area contributed by atoms with Gasteiger partial charge in [-0.1, -0.05) is 38.1 Å². The van der Waals surface area contributed by atoms with E-state index in [4.69, 9.17) is 9.97 Å². The van der Waals surface area contributed by atoms with E-state index in [2.05, 4.69) is 87.2 Å². The predicted molar refractivity (Wildman–Crippen MR) is 114 cm³/mol. The normalized spacial score (nSPS) is 15.9. The number of nitrogens with one attached hydrogen (secondary N) is 1. The molecule has 0 unspecified atom stereocenters. The molecular weight excluding hydrogens is 334 g/mol. The van der Waals surface area contributed by atoms with Crippen LogP contribution in [0.15, 0.2) is 30.3 Å². The molecule has 1 N–H and O–H groups in total. The van der Waals surface area contributed by atoms with Crippen molar-refractivity contribution in [3.05, 3.63) is 47.3 Å². The zero-order valence-corrected chi connectivity index (χ0v) is 17.6. The van der Waals surface area contributed by atoms with Crippen LogP contribution in [0.3, 0.4) is 0 Å². The molecule has 0 saturated carbocycles. The number of nitrogens with zero attached hydrogens (tertiary/aromatic N) is 4. The summed E-state index contributed by atoms with van der Waals surface area (Å²) in [5.74, 6) is 3.12. The molecule has 1 aliphatic rings. The number of hydrogen-bond acceptors (Lipinski definition) is 5. The van der Waals surface area contributed by atoms with E-state index in [9.17, 15) is 0 Å². The van der Waals surface area contributed by atoms with Crippen LogP contribution in [0.1, 0.15) is 50.6 Å². The summed E-state index contributed by atoms with van der Waals surface area (Å²) in [7, 11) is 4.17. The summed E-state index contributed by atoms with van der Waals surface area (Å²) in [6, 6.07) is 10.9. The van der Waals surface area contributed by atoms with Gasteiger partial charge in [0.15, 0.2) is 0 Å². The Hall–Kier alpha value is -2.14. The summed E-state index contributed by atoms with van der Waals surface area (Å²) < 4.78 is 0. The first-order valence-corrected chi connectivity index (χ1v) is 9.88. The van der Waals surface area contributed by atoms with E-state index >= 15 is 0 Å². The smallest absolute Gasteiger partial charge is 0.135 e. The van der Waals surface area contributed by atoms with E-state index in [0.717, 1.165) is 43.5 Å². The highest BCUT2D eigenvalue weighted by Crippen LogP contribution is 2.35. The first-order valence-electron chi connectivity index (χ1n) is 9.88. The topological polar surface area (TPSA) is 44.3 Å². The van der Waals surface area contributed by atoms with E-state index in [1.165, 1.54) is 11.1 Å². The molecule has 5 heteroatoms. The Morgan fingerprint density at radius 3 is 2.52 bits per heavy atom. The highest BCUT2D eigenvalue weighted by atomic mass is 15.3. The first-order chi connectivity index (χ1) is 12.8. The maximum atomic E-state index is 4.93. The molecule has 146 valence electrons. The van der Waals surface area contributed by atoms with Crippen molar-refractivity contribution in [3.8, 4) is 0 Å². The number of rotatable bonds is 6. The van der Waals surface area contributed by atoms with Gasteiger partial charge in [0.1, 0.15) is 17.5 Å². The average Bonchev–Trinajstić information content (AvgIpc) is 2.59. The molecular formula is C22H33N5. The average molecular weight is 368 g/mol. The van der Waals surface area contributed by atoms with Crippen molar-refractivity contribution in [1.29, 1.82) is 0 Å². The summed E-state index contributed by atoms with van der Waals surface area (Å²) in [6.07, 6.45) is 1.02. The Bertz CT molecular complexity index is 782. The Morgan fingerprint density at radius 1 is 1.15 bits per heavy atom. The molecule has 0 saturated heterocycles. The zero-order chi connectivity index (χ0) is 19.6. The minimum Gasteiger partial charge on any atom is -0.369 e. The van der Waals surface area contributed by atoms with E-state index < -0.39 is 0 Å². The first kappa shape index (κ1) is 19.6. The molecule has 0 amide bonds. The van der Waals surface area contributed by atoms with Crippen molar-refractivity contribution >= 4 is 11.6 Å². The van der Waals surface area contributed by atoms with Crippen LogP contribution in [0.25, 0.3) is 0 Å². The van der Waals surface area contributed by atoms with Crippen LogP contribution in [0.4, 0.5) is 11.6 Å². The molecule has 2 aromatic rings. The van der Waals surface area contributed by atoms with E-state index in [1.54, 1.807) is 0 Å². The monoisotopic (exact) mass is 367 g/mol. The third-order valence-electron chi connectivity index (χ3n) is 5.19. The molecule has 1 aromatic heterocycles. The van der Waals surface area contributed by atoms with Crippen LogP contribution in [0.2, 0.25) is 0 Å². The van der Waals surface area contributed by atoms with Crippen LogP contribution in [-0.2, 0) is 13.0 Å². The van der Waals surface area contributed by atoms with Crippen LogP contribution in [0.5, 0.6) is 0 Å². The number of anilines is 2. The van der Waals surface area contributed by atoms with E-state index in [0.29, 0.717) is 5.92 Å². The van der Waals surface area contributed by atoms with Crippen molar-refractivity contribution in [2.75, 3.05) is 37.4 Å². The molecule has 0 fully saturated rings. The SMILES string of the molecule is CC(C)c1nc(NCCN(C)C)cc(N2Cc3ccccc3CC2(C)C)n1. The fourth-order valence-electron chi connectivity index (χ4n) is 3.57. The minimum atomic E-state index is 0.0118. The number of fused-ring (bicyclic) bond motifs is 1. The highest BCUT2D eigenvalue weighted by Gasteiger charge is 2.34. The lowest BCUT2D eigenvalue weighted by atomic mass is 9.85. The molecule has 3 rings (SSSR count). The summed E-state index contributed by atoms with van der Waals surface area (Å²) in [4.78, 5) is 14.3. The van der Waals surface area contributed by atoms with Crippen molar-refractivity contribution in [1.82, 2.24) is 14.9 Å². The second-order valence-corrected chi connectivity index (χ2v) is 8.70. The van der Waals surface area contributed by atoms with Gasteiger partial charge in [0, 0.05) is 37.2 Å². The lowest BCUT2D eigenvalue weighted by Gasteiger charge is -2.44. The molecule has 27 heavy (non-hydrogen) atoms. The van der Waals surface area contributed by atoms with E-state index in [1.807, 2.05) is 0 Å². The molecule has 1 aromatic carbocycles. The highest BCUT2D eigenvalue weighted by molar-refractivity contribution is 5.54. The van der Waals surface area contributed by atoms with Gasteiger partial charge in [-0.3, -0.25) is 0 Å². The summed E-state index contributed by atoms with van der Waals surface area (Å²) in [6.45, 7) is 11.6.